The summed E-state index contributed by atoms with van der Waals surface area (Å²) in [6, 6.07) is 4.37. The van der Waals surface area contributed by atoms with Gasteiger partial charge in [-0.15, -0.1) is 11.3 Å². The van der Waals surface area contributed by atoms with Crippen LogP contribution in [0.15, 0.2) is 36.1 Å². The largest absolute Gasteiger partial charge is 0.508 e. The number of aliphatic hydroxyl groups excluding tert-OH is 1. The zero-order valence-corrected chi connectivity index (χ0v) is 9.05. The first kappa shape index (κ1) is 9.53. The molecule has 0 saturated carbocycles. The van der Waals surface area contributed by atoms with Crippen LogP contribution in [0.2, 0.25) is 0 Å². The third-order valence-electron chi connectivity index (χ3n) is 2.43. The van der Waals surface area contributed by atoms with Crippen molar-refractivity contribution in [1.82, 2.24) is 0 Å². The summed E-state index contributed by atoms with van der Waals surface area (Å²) in [7, 11) is 0. The van der Waals surface area contributed by atoms with Gasteiger partial charge in [-0.3, -0.25) is 0 Å². The van der Waals surface area contributed by atoms with Crippen LogP contribution in [0.25, 0.3) is 0 Å². The summed E-state index contributed by atoms with van der Waals surface area (Å²) in [4.78, 5) is 2.81. The van der Waals surface area contributed by atoms with Gasteiger partial charge in [0.1, 0.15) is 5.76 Å². The third-order valence-corrected chi connectivity index (χ3v) is 3.45. The van der Waals surface area contributed by atoms with Gasteiger partial charge in [-0.05, 0) is 50.0 Å². The molecule has 1 aliphatic rings. The highest BCUT2D eigenvalue weighted by molar-refractivity contribution is 7.11. The highest BCUT2D eigenvalue weighted by Gasteiger charge is 2.09. The van der Waals surface area contributed by atoms with E-state index in [1.165, 1.54) is 9.75 Å². The molecule has 1 unspecified atom stereocenters. The highest BCUT2D eigenvalue weighted by atomic mass is 32.1. The van der Waals surface area contributed by atoms with E-state index < -0.39 is 0 Å². The van der Waals surface area contributed by atoms with Gasteiger partial charge >= 0.3 is 0 Å². The van der Waals surface area contributed by atoms with Gasteiger partial charge in [-0.2, -0.15) is 0 Å². The molecular weight excluding hydrogens is 192 g/mol. The Kier molecular flexibility index (Phi) is 2.73. The first-order valence-corrected chi connectivity index (χ1v) is 5.68. The number of allylic oxidation sites excluding steroid dienone is 3. The first-order chi connectivity index (χ1) is 6.74. The molecule has 1 atom stereocenters. The second kappa shape index (κ2) is 4.01. The molecule has 0 spiro atoms. The summed E-state index contributed by atoms with van der Waals surface area (Å²) in [6.07, 6.45) is 7.85. The molecule has 0 amide bonds. The molecule has 0 aliphatic heterocycles. The van der Waals surface area contributed by atoms with E-state index in [0.29, 0.717) is 11.7 Å². The summed E-state index contributed by atoms with van der Waals surface area (Å²) < 4.78 is 0. The lowest BCUT2D eigenvalue weighted by Gasteiger charge is -2.12. The van der Waals surface area contributed by atoms with Crippen LogP contribution in [0.3, 0.4) is 0 Å². The Balaban J connectivity index is 1.97. The molecule has 1 heterocycles. The molecule has 14 heavy (non-hydrogen) atoms. The van der Waals surface area contributed by atoms with E-state index in [9.17, 15) is 5.11 Å². The summed E-state index contributed by atoms with van der Waals surface area (Å²) in [5.74, 6) is 0.965. The lowest BCUT2D eigenvalue weighted by Crippen LogP contribution is -2.02. The van der Waals surface area contributed by atoms with Gasteiger partial charge in [0.15, 0.2) is 0 Å². The average Bonchev–Trinajstić information content (AvgIpc) is 2.56. The van der Waals surface area contributed by atoms with E-state index in [-0.39, 0.29) is 0 Å². The fourth-order valence-corrected chi connectivity index (χ4v) is 2.64. The van der Waals surface area contributed by atoms with Crippen LogP contribution in [0.4, 0.5) is 0 Å². The molecule has 0 bridgehead atoms. The van der Waals surface area contributed by atoms with Crippen molar-refractivity contribution in [3.63, 3.8) is 0 Å². The van der Waals surface area contributed by atoms with Crippen LogP contribution >= 0.6 is 11.3 Å². The van der Waals surface area contributed by atoms with Crippen LogP contribution < -0.4 is 0 Å². The lowest BCUT2D eigenvalue weighted by atomic mass is 9.96. The van der Waals surface area contributed by atoms with Gasteiger partial charge < -0.3 is 5.11 Å². The van der Waals surface area contributed by atoms with E-state index in [1.807, 2.05) is 17.4 Å². The van der Waals surface area contributed by atoms with E-state index in [4.69, 9.17) is 0 Å². The van der Waals surface area contributed by atoms with E-state index >= 15 is 0 Å². The van der Waals surface area contributed by atoms with Gasteiger partial charge in [-0.1, -0.05) is 6.08 Å². The third kappa shape index (κ3) is 2.26. The van der Waals surface area contributed by atoms with Crippen molar-refractivity contribution >= 4 is 11.3 Å². The molecule has 0 radical (unpaired) electrons. The summed E-state index contributed by atoms with van der Waals surface area (Å²) in [5, 5.41) is 9.17. The normalized spacial score (nSPS) is 20.9. The number of hydrogen-bond donors (Lipinski definition) is 1. The number of thiophene rings is 1. The summed E-state index contributed by atoms with van der Waals surface area (Å²) in [5.41, 5.74) is 0. The Labute approximate surface area is 88.4 Å². The Morgan fingerprint density at radius 3 is 2.93 bits per heavy atom. The topological polar surface area (TPSA) is 20.2 Å². The molecule has 1 N–H and O–H groups in total. The van der Waals surface area contributed by atoms with Crippen LogP contribution in [-0.2, 0) is 6.42 Å². The smallest absolute Gasteiger partial charge is 0.111 e. The van der Waals surface area contributed by atoms with Crippen LogP contribution in [0.1, 0.15) is 16.2 Å². The van der Waals surface area contributed by atoms with Gasteiger partial charge in [-0.25, -0.2) is 0 Å². The van der Waals surface area contributed by atoms with Crippen LogP contribution in [0, 0.1) is 12.8 Å². The van der Waals surface area contributed by atoms with Gasteiger partial charge in [0.25, 0.3) is 0 Å². The maximum atomic E-state index is 9.17. The predicted molar refractivity (Wildman–Crippen MR) is 60.7 cm³/mol. The SMILES string of the molecule is Cc1ccc(CC2C=CC(O)=CC2)s1. The minimum absolute atomic E-state index is 0.406. The zero-order valence-electron chi connectivity index (χ0n) is 8.23. The first-order valence-electron chi connectivity index (χ1n) is 4.86. The van der Waals surface area contributed by atoms with Crippen molar-refractivity contribution in [3.8, 4) is 0 Å². The van der Waals surface area contributed by atoms with Crippen molar-refractivity contribution in [2.45, 2.75) is 19.8 Å². The fraction of sp³-hybridized carbons (Fsp3) is 0.333. The molecule has 1 aromatic rings. The molecule has 2 heteroatoms. The Morgan fingerprint density at radius 2 is 2.36 bits per heavy atom. The minimum atomic E-state index is 0.406. The molecule has 0 fully saturated rings. The molecule has 1 aliphatic carbocycles. The molecule has 0 aromatic carbocycles. The van der Waals surface area contributed by atoms with Crippen LogP contribution in [0.5, 0.6) is 0 Å². The quantitative estimate of drug-likeness (QED) is 0.783. The van der Waals surface area contributed by atoms with Crippen molar-refractivity contribution < 1.29 is 5.11 Å². The summed E-state index contributed by atoms with van der Waals surface area (Å²) >= 11 is 1.87. The Morgan fingerprint density at radius 1 is 1.50 bits per heavy atom. The number of aryl methyl sites for hydroxylation is 1. The molecule has 0 saturated heterocycles. The number of aliphatic hydroxyl groups is 1. The van der Waals surface area contributed by atoms with Crippen molar-refractivity contribution in [1.29, 1.82) is 0 Å². The lowest BCUT2D eigenvalue weighted by molar-refractivity contribution is 0.420. The van der Waals surface area contributed by atoms with E-state index in [0.717, 1.165) is 12.8 Å². The van der Waals surface area contributed by atoms with E-state index in [1.54, 1.807) is 6.08 Å². The zero-order chi connectivity index (χ0) is 9.97. The molecule has 1 aromatic heterocycles. The number of hydrogen-bond acceptors (Lipinski definition) is 2. The van der Waals surface area contributed by atoms with Gasteiger partial charge in [0.2, 0.25) is 0 Å². The fourth-order valence-electron chi connectivity index (χ4n) is 1.66. The molecular formula is C12H14OS. The minimum Gasteiger partial charge on any atom is -0.508 e. The second-order valence-corrected chi connectivity index (χ2v) is 5.07. The second-order valence-electron chi connectivity index (χ2n) is 3.70. The summed E-state index contributed by atoms with van der Waals surface area (Å²) in [6.45, 7) is 2.14. The maximum Gasteiger partial charge on any atom is 0.111 e. The Bertz CT molecular complexity index is 373. The molecule has 1 nitrogen and oxygen atoms in total. The monoisotopic (exact) mass is 206 g/mol. The maximum absolute atomic E-state index is 9.17. The molecule has 74 valence electrons. The average molecular weight is 206 g/mol. The predicted octanol–water partition coefficient (Wildman–Crippen LogP) is 3.62. The Hall–Kier alpha value is -1.02. The molecule has 2 rings (SSSR count). The van der Waals surface area contributed by atoms with Crippen molar-refractivity contribution in [2.75, 3.05) is 0 Å². The van der Waals surface area contributed by atoms with Crippen molar-refractivity contribution in [2.24, 2.45) is 5.92 Å². The van der Waals surface area contributed by atoms with Gasteiger partial charge in [0, 0.05) is 9.75 Å². The van der Waals surface area contributed by atoms with Gasteiger partial charge in [0.05, 0.1) is 0 Å². The standard InChI is InChI=1S/C12H14OS/c1-9-2-7-12(14-9)8-10-3-5-11(13)6-4-10/h2-3,5-7,10,13H,4,8H2,1H3. The number of rotatable bonds is 2. The highest BCUT2D eigenvalue weighted by Crippen LogP contribution is 2.23. The van der Waals surface area contributed by atoms with Crippen molar-refractivity contribution in [3.05, 3.63) is 45.9 Å². The van der Waals surface area contributed by atoms with Crippen LogP contribution in [-0.4, -0.2) is 5.11 Å². The van der Waals surface area contributed by atoms with E-state index in [2.05, 4.69) is 25.1 Å².